The predicted molar refractivity (Wildman–Crippen MR) is 179 cm³/mol. The number of allylic oxidation sites excluding steroid dienone is 9. The zero-order valence-electron chi connectivity index (χ0n) is 24.9. The van der Waals surface area contributed by atoms with Crippen molar-refractivity contribution in [3.8, 4) is 0 Å². The molecule has 2 aliphatic carbocycles. The van der Waals surface area contributed by atoms with Gasteiger partial charge in [0.15, 0.2) is 11.0 Å². The normalized spacial score (nSPS) is 13.2. The van der Waals surface area contributed by atoms with Crippen molar-refractivity contribution in [3.05, 3.63) is 180 Å². The van der Waals surface area contributed by atoms with Crippen LogP contribution in [0.5, 0.6) is 0 Å². The predicted octanol–water partition coefficient (Wildman–Crippen LogP) is 6.34. The summed E-state index contributed by atoms with van der Waals surface area (Å²) < 4.78 is 4.92. The van der Waals surface area contributed by atoms with Gasteiger partial charge in [0.25, 0.3) is 5.82 Å². The van der Waals surface area contributed by atoms with E-state index in [1.807, 2.05) is 18.2 Å². The molecular weight excluding hydrogens is 656 g/mol. The molecule has 0 spiro atoms. The second-order valence-corrected chi connectivity index (χ2v) is 11.0. The molecule has 6 aromatic rings. The minimum absolute atomic E-state index is 0. The molecular formula is C41H33BrFeN2. The molecule has 8 rings (SSSR count). The number of hydrogen-bond acceptors (Lipinski definition) is 0. The van der Waals surface area contributed by atoms with Gasteiger partial charge in [0.2, 0.25) is 0 Å². The number of imidazole rings is 1. The van der Waals surface area contributed by atoms with Crippen LogP contribution in [0.25, 0.3) is 38.7 Å². The third-order valence-electron chi connectivity index (χ3n) is 8.08. The summed E-state index contributed by atoms with van der Waals surface area (Å²) in [6, 6.07) is 39.6. The van der Waals surface area contributed by atoms with Gasteiger partial charge in [0.1, 0.15) is 13.1 Å². The van der Waals surface area contributed by atoms with Gasteiger partial charge in [-0.25, -0.2) is 33.4 Å². The number of nitrogens with zero attached hydrogens (tertiary/aromatic N) is 2. The van der Waals surface area contributed by atoms with E-state index in [1.165, 1.54) is 55.1 Å². The van der Waals surface area contributed by atoms with Crippen molar-refractivity contribution in [2.45, 2.75) is 25.9 Å². The fourth-order valence-corrected chi connectivity index (χ4v) is 5.90. The zero-order chi connectivity index (χ0) is 28.8. The van der Waals surface area contributed by atoms with Gasteiger partial charge in [-0.2, -0.15) is 6.08 Å². The van der Waals surface area contributed by atoms with Crippen molar-refractivity contribution in [1.29, 1.82) is 0 Å². The van der Waals surface area contributed by atoms with E-state index in [1.54, 1.807) is 0 Å². The Balaban J connectivity index is 0.000000524. The number of hydrogen-bond donors (Lipinski definition) is 0. The fourth-order valence-electron chi connectivity index (χ4n) is 5.90. The minimum atomic E-state index is 0. The van der Waals surface area contributed by atoms with Gasteiger partial charge in [-0.3, -0.25) is 12.2 Å². The van der Waals surface area contributed by atoms with Crippen LogP contribution in [0.4, 0.5) is 0 Å². The van der Waals surface area contributed by atoms with Gasteiger partial charge in [-0.05, 0) is 56.9 Å². The zero-order valence-corrected chi connectivity index (χ0v) is 27.6. The van der Waals surface area contributed by atoms with Gasteiger partial charge in [-0.1, -0.05) is 91.0 Å². The largest absolute Gasteiger partial charge is 2.00 e. The third kappa shape index (κ3) is 7.37. The number of halogens is 1. The van der Waals surface area contributed by atoms with Gasteiger partial charge in [0.05, 0.1) is 0 Å². The van der Waals surface area contributed by atoms with Gasteiger partial charge >= 0.3 is 17.1 Å². The molecule has 4 heteroatoms. The molecule has 0 bridgehead atoms. The van der Waals surface area contributed by atoms with Crippen molar-refractivity contribution in [1.82, 2.24) is 4.57 Å². The molecule has 0 aliphatic heterocycles. The number of rotatable bonds is 6. The topological polar surface area (TPSA) is 8.81 Å². The Hall–Kier alpha value is -4.21. The van der Waals surface area contributed by atoms with Crippen LogP contribution >= 0.6 is 0 Å². The SMILES string of the molecule is [Br-].[C-]1=CC=C(/C=C/c2n(Cc3ccc4ccccc4c3)c3ccccc3[n+]2Cc2ccc3ccccc3c2)C1.[C-]1=CC=CC1.[Fe+2]. The maximum Gasteiger partial charge on any atom is 2.00 e. The van der Waals surface area contributed by atoms with Crippen molar-refractivity contribution in [2.24, 2.45) is 0 Å². The van der Waals surface area contributed by atoms with Gasteiger partial charge in [-0.15, -0.1) is 18.4 Å². The molecule has 2 aliphatic rings. The van der Waals surface area contributed by atoms with Gasteiger partial charge < -0.3 is 17.0 Å². The Bertz CT molecular complexity index is 1970. The van der Waals surface area contributed by atoms with Crippen LogP contribution in [0.1, 0.15) is 29.8 Å². The summed E-state index contributed by atoms with van der Waals surface area (Å²) in [4.78, 5) is 0. The number of fused-ring (bicyclic) bond motifs is 3. The number of para-hydroxylation sites is 2. The molecule has 0 atom stereocenters. The second kappa shape index (κ2) is 15.2. The average Bonchev–Trinajstić information content (AvgIpc) is 3.85. The molecule has 0 N–H and O–H groups in total. The van der Waals surface area contributed by atoms with E-state index < -0.39 is 0 Å². The Morgan fingerprint density at radius 2 is 1.36 bits per heavy atom. The summed E-state index contributed by atoms with van der Waals surface area (Å²) in [5.74, 6) is 1.19. The first-order chi connectivity index (χ1) is 21.3. The quantitative estimate of drug-likeness (QED) is 0.110. The summed E-state index contributed by atoms with van der Waals surface area (Å²) in [5, 5.41) is 5.11. The van der Waals surface area contributed by atoms with Crippen LogP contribution in [-0.4, -0.2) is 4.57 Å². The van der Waals surface area contributed by atoms with E-state index in [4.69, 9.17) is 0 Å². The smallest absolute Gasteiger partial charge is 1.00 e. The number of benzene rings is 5. The summed E-state index contributed by atoms with van der Waals surface area (Å²) in [7, 11) is 0. The molecule has 0 saturated heterocycles. The Morgan fingerprint density at radius 3 is 2.00 bits per heavy atom. The summed E-state index contributed by atoms with van der Waals surface area (Å²) >= 11 is 0. The Kier molecular flexibility index (Phi) is 10.9. The molecule has 1 heterocycles. The monoisotopic (exact) mass is 688 g/mol. The molecule has 222 valence electrons. The van der Waals surface area contributed by atoms with E-state index >= 15 is 0 Å². The second-order valence-electron chi connectivity index (χ2n) is 11.0. The third-order valence-corrected chi connectivity index (χ3v) is 8.08. The first-order valence-corrected chi connectivity index (χ1v) is 14.9. The molecule has 0 saturated carbocycles. The maximum absolute atomic E-state index is 3.30. The van der Waals surface area contributed by atoms with Crippen molar-refractivity contribution in [2.75, 3.05) is 0 Å². The maximum atomic E-state index is 3.30. The standard InChI is InChI=1S/C36H28N2.C5H5.BrH.Fe/c1-2-10-27(9-1)19-22-36-37(25-28-17-20-30-11-3-5-13-32(30)23-28)34-15-7-8-16-35(34)38(36)26-29-18-21-31-12-4-6-14-33(31)24-29;1-2-4-5-3-1;;/h1,3-9,11-24H,10,25-26H2;1-3H,4H2;1H;/q;-1;;+2/p-1/b22-19+;;;. The van der Waals surface area contributed by atoms with Crippen LogP contribution in [0.15, 0.2) is 151 Å². The molecule has 0 radical (unpaired) electrons. The first kappa shape index (κ1) is 32.2. The summed E-state index contributed by atoms with van der Waals surface area (Å²) in [6.45, 7) is 1.61. The summed E-state index contributed by atoms with van der Waals surface area (Å²) in [5.41, 5.74) is 6.36. The average molecular weight is 689 g/mol. The molecule has 0 amide bonds. The summed E-state index contributed by atoms with van der Waals surface area (Å²) in [6.07, 6.45) is 22.9. The van der Waals surface area contributed by atoms with Crippen LogP contribution in [0.2, 0.25) is 0 Å². The first-order valence-electron chi connectivity index (χ1n) is 14.9. The molecule has 0 fully saturated rings. The molecule has 5 aromatic carbocycles. The molecule has 0 unspecified atom stereocenters. The fraction of sp³-hybridized carbons (Fsp3) is 0.0976. The minimum Gasteiger partial charge on any atom is -1.00 e. The number of aromatic nitrogens is 2. The van der Waals surface area contributed by atoms with Crippen LogP contribution < -0.4 is 21.5 Å². The van der Waals surface area contributed by atoms with Crippen LogP contribution in [0, 0.1) is 12.2 Å². The molecule has 2 nitrogen and oxygen atoms in total. The van der Waals surface area contributed by atoms with E-state index in [-0.39, 0.29) is 34.1 Å². The van der Waals surface area contributed by atoms with E-state index in [9.17, 15) is 0 Å². The van der Waals surface area contributed by atoms with Crippen molar-refractivity contribution < 1.29 is 38.6 Å². The van der Waals surface area contributed by atoms with Crippen LogP contribution in [-0.2, 0) is 30.2 Å². The Morgan fingerprint density at radius 1 is 0.689 bits per heavy atom. The van der Waals surface area contributed by atoms with E-state index in [0.29, 0.717) is 0 Å². The van der Waals surface area contributed by atoms with Gasteiger partial charge in [0, 0.05) is 6.08 Å². The van der Waals surface area contributed by atoms with Crippen molar-refractivity contribution >= 4 is 38.7 Å². The van der Waals surface area contributed by atoms with E-state index in [2.05, 4.69) is 155 Å². The Labute approximate surface area is 286 Å². The van der Waals surface area contributed by atoms with E-state index in [0.717, 1.165) is 25.9 Å². The van der Waals surface area contributed by atoms with Crippen LogP contribution in [0.3, 0.4) is 0 Å². The van der Waals surface area contributed by atoms with Crippen molar-refractivity contribution in [3.63, 3.8) is 0 Å². The molecule has 45 heavy (non-hydrogen) atoms. The molecule has 1 aromatic heterocycles.